The van der Waals surface area contributed by atoms with E-state index in [1.165, 1.54) is 44.9 Å². The molecule has 0 aromatic carbocycles. The molecule has 2 heteroatoms. The normalized spacial score (nSPS) is 55.5. The predicted octanol–water partition coefficient (Wildman–Crippen LogP) is 2.56. The standard InChI is InChI=1S/C16H27NO/c18-16(3-1-2-4-17-10-16)15-13-6-11-5-12(8-13)9-14(15)7-11/h11-15,17-18H,1-10H2. The first-order valence-corrected chi connectivity index (χ1v) is 8.18. The molecule has 2 nitrogen and oxygen atoms in total. The molecule has 1 atom stereocenters. The summed E-state index contributed by atoms with van der Waals surface area (Å²) < 4.78 is 0. The van der Waals surface area contributed by atoms with Gasteiger partial charge < -0.3 is 10.4 Å². The van der Waals surface area contributed by atoms with Gasteiger partial charge in [-0.1, -0.05) is 0 Å². The molecule has 0 radical (unpaired) electrons. The fraction of sp³-hybridized carbons (Fsp3) is 1.00. The van der Waals surface area contributed by atoms with Crippen LogP contribution in [0.1, 0.15) is 51.4 Å². The van der Waals surface area contributed by atoms with Gasteiger partial charge in [0.15, 0.2) is 0 Å². The number of β-amino-alcohol motifs (C(OH)–C–C–N with tert-alkyl or cyclic N) is 1. The van der Waals surface area contributed by atoms with Crippen LogP contribution in [0.2, 0.25) is 0 Å². The van der Waals surface area contributed by atoms with Crippen molar-refractivity contribution in [2.75, 3.05) is 13.1 Å². The minimum absolute atomic E-state index is 0.376. The highest BCUT2D eigenvalue weighted by Crippen LogP contribution is 2.59. The van der Waals surface area contributed by atoms with Crippen LogP contribution in [0.3, 0.4) is 0 Å². The number of rotatable bonds is 1. The molecule has 18 heavy (non-hydrogen) atoms. The Bertz CT molecular complexity index is 291. The third-order valence-corrected chi connectivity index (χ3v) is 6.49. The highest BCUT2D eigenvalue weighted by Gasteiger charge is 2.54. The second-order valence-corrected chi connectivity index (χ2v) is 7.69. The lowest BCUT2D eigenvalue weighted by atomic mass is 9.48. The van der Waals surface area contributed by atoms with E-state index in [0.29, 0.717) is 5.92 Å². The molecule has 0 spiro atoms. The van der Waals surface area contributed by atoms with Gasteiger partial charge >= 0.3 is 0 Å². The van der Waals surface area contributed by atoms with Gasteiger partial charge in [0.25, 0.3) is 0 Å². The van der Waals surface area contributed by atoms with E-state index < -0.39 is 0 Å². The zero-order valence-electron chi connectivity index (χ0n) is 11.4. The lowest BCUT2D eigenvalue weighted by Crippen LogP contribution is -2.57. The number of nitrogens with one attached hydrogen (secondary N) is 1. The van der Waals surface area contributed by atoms with Crippen molar-refractivity contribution in [1.29, 1.82) is 0 Å². The average Bonchev–Trinajstić information content (AvgIpc) is 2.53. The fourth-order valence-electron chi connectivity index (χ4n) is 6.16. The van der Waals surface area contributed by atoms with E-state index in [4.69, 9.17) is 0 Å². The average molecular weight is 249 g/mol. The van der Waals surface area contributed by atoms with Crippen LogP contribution in [0.4, 0.5) is 0 Å². The molecular formula is C16H27NO. The number of aliphatic hydroxyl groups is 1. The molecule has 1 saturated heterocycles. The van der Waals surface area contributed by atoms with Crippen molar-refractivity contribution in [3.05, 3.63) is 0 Å². The molecule has 5 fully saturated rings. The zero-order chi connectivity index (χ0) is 12.2. The van der Waals surface area contributed by atoms with Gasteiger partial charge in [0.2, 0.25) is 0 Å². The summed E-state index contributed by atoms with van der Waals surface area (Å²) in [5, 5.41) is 14.7. The molecule has 2 N–H and O–H groups in total. The summed E-state index contributed by atoms with van der Waals surface area (Å²) in [5.74, 6) is 4.37. The van der Waals surface area contributed by atoms with Gasteiger partial charge in [-0.3, -0.25) is 0 Å². The van der Waals surface area contributed by atoms with Crippen molar-refractivity contribution >= 4 is 0 Å². The summed E-state index contributed by atoms with van der Waals surface area (Å²) >= 11 is 0. The molecule has 5 aliphatic rings. The Labute approximate surface area is 111 Å². The van der Waals surface area contributed by atoms with E-state index in [-0.39, 0.29) is 5.60 Å². The van der Waals surface area contributed by atoms with E-state index in [2.05, 4.69) is 5.32 Å². The maximum atomic E-state index is 11.2. The van der Waals surface area contributed by atoms with Crippen LogP contribution in [0.25, 0.3) is 0 Å². The highest BCUT2D eigenvalue weighted by atomic mass is 16.3. The second kappa shape index (κ2) is 4.21. The first-order chi connectivity index (χ1) is 8.74. The molecular weight excluding hydrogens is 222 g/mol. The Hall–Kier alpha value is -0.0800. The summed E-state index contributed by atoms with van der Waals surface area (Å²) in [6.45, 7) is 1.97. The highest BCUT2D eigenvalue weighted by molar-refractivity contribution is 5.05. The van der Waals surface area contributed by atoms with Crippen molar-refractivity contribution < 1.29 is 5.11 Å². The van der Waals surface area contributed by atoms with E-state index >= 15 is 0 Å². The Morgan fingerprint density at radius 1 is 0.889 bits per heavy atom. The van der Waals surface area contributed by atoms with Crippen LogP contribution in [-0.4, -0.2) is 23.8 Å². The second-order valence-electron chi connectivity index (χ2n) is 7.69. The topological polar surface area (TPSA) is 32.3 Å². The molecule has 0 aromatic heterocycles. The largest absolute Gasteiger partial charge is 0.388 e. The van der Waals surface area contributed by atoms with Crippen LogP contribution in [0.15, 0.2) is 0 Å². The lowest BCUT2D eigenvalue weighted by Gasteiger charge is -2.58. The Morgan fingerprint density at radius 3 is 2.22 bits per heavy atom. The van der Waals surface area contributed by atoms with Crippen LogP contribution in [0, 0.1) is 29.6 Å². The third kappa shape index (κ3) is 1.76. The molecule has 4 aliphatic carbocycles. The minimum atomic E-state index is -0.376. The maximum Gasteiger partial charge on any atom is 0.0804 e. The smallest absolute Gasteiger partial charge is 0.0804 e. The van der Waals surface area contributed by atoms with Crippen molar-refractivity contribution in [2.24, 2.45) is 29.6 Å². The first-order valence-electron chi connectivity index (χ1n) is 8.18. The van der Waals surface area contributed by atoms with Crippen molar-refractivity contribution in [2.45, 2.75) is 57.0 Å². The van der Waals surface area contributed by atoms with Gasteiger partial charge in [0.1, 0.15) is 0 Å². The van der Waals surface area contributed by atoms with Crippen LogP contribution >= 0.6 is 0 Å². The van der Waals surface area contributed by atoms with Gasteiger partial charge in [0, 0.05) is 6.54 Å². The molecule has 5 rings (SSSR count). The van der Waals surface area contributed by atoms with Gasteiger partial charge in [0.05, 0.1) is 5.60 Å². The number of hydrogen-bond acceptors (Lipinski definition) is 2. The van der Waals surface area contributed by atoms with Gasteiger partial charge in [-0.05, 0) is 87.5 Å². The molecule has 1 unspecified atom stereocenters. The van der Waals surface area contributed by atoms with Gasteiger partial charge in [-0.2, -0.15) is 0 Å². The van der Waals surface area contributed by atoms with E-state index in [1.54, 1.807) is 0 Å². The zero-order valence-corrected chi connectivity index (χ0v) is 11.4. The Morgan fingerprint density at radius 2 is 1.56 bits per heavy atom. The minimum Gasteiger partial charge on any atom is -0.388 e. The summed E-state index contributed by atoms with van der Waals surface area (Å²) in [4.78, 5) is 0. The SMILES string of the molecule is OC1(C2C3CC4CC(C3)CC2C4)CCCCNC1. The third-order valence-electron chi connectivity index (χ3n) is 6.49. The predicted molar refractivity (Wildman–Crippen MR) is 72.2 cm³/mol. The van der Waals surface area contributed by atoms with Crippen LogP contribution < -0.4 is 5.32 Å². The lowest BCUT2D eigenvalue weighted by molar-refractivity contribution is -0.143. The molecule has 4 saturated carbocycles. The van der Waals surface area contributed by atoms with E-state index in [1.807, 2.05) is 0 Å². The Balaban J connectivity index is 1.59. The molecule has 4 bridgehead atoms. The summed E-state index contributed by atoms with van der Waals surface area (Å²) in [5.41, 5.74) is -0.376. The summed E-state index contributed by atoms with van der Waals surface area (Å²) in [6, 6.07) is 0. The Kier molecular flexibility index (Phi) is 2.74. The fourth-order valence-corrected chi connectivity index (χ4v) is 6.16. The molecule has 1 heterocycles. The molecule has 0 aromatic rings. The van der Waals surface area contributed by atoms with E-state index in [9.17, 15) is 5.11 Å². The van der Waals surface area contributed by atoms with Crippen LogP contribution in [0.5, 0.6) is 0 Å². The molecule has 1 aliphatic heterocycles. The summed E-state index contributed by atoms with van der Waals surface area (Å²) in [7, 11) is 0. The first kappa shape index (κ1) is 11.7. The number of hydrogen-bond donors (Lipinski definition) is 2. The van der Waals surface area contributed by atoms with Crippen molar-refractivity contribution in [1.82, 2.24) is 5.32 Å². The van der Waals surface area contributed by atoms with E-state index in [0.717, 1.165) is 43.2 Å². The van der Waals surface area contributed by atoms with Gasteiger partial charge in [-0.15, -0.1) is 0 Å². The van der Waals surface area contributed by atoms with Gasteiger partial charge in [-0.25, -0.2) is 0 Å². The van der Waals surface area contributed by atoms with Crippen molar-refractivity contribution in [3.8, 4) is 0 Å². The maximum absolute atomic E-state index is 11.2. The molecule has 0 amide bonds. The molecule has 102 valence electrons. The van der Waals surface area contributed by atoms with Crippen molar-refractivity contribution in [3.63, 3.8) is 0 Å². The monoisotopic (exact) mass is 249 g/mol. The van der Waals surface area contributed by atoms with Crippen LogP contribution in [-0.2, 0) is 0 Å². The quantitative estimate of drug-likeness (QED) is 0.748. The summed E-state index contributed by atoms with van der Waals surface area (Å²) in [6.07, 6.45) is 10.7.